The van der Waals surface area contributed by atoms with Crippen LogP contribution in [0.3, 0.4) is 0 Å². The van der Waals surface area contributed by atoms with E-state index >= 15 is 0 Å². The van der Waals surface area contributed by atoms with E-state index < -0.39 is 5.41 Å². The molecule has 1 aromatic carbocycles. The maximum atomic E-state index is 13.3. The molecule has 23 heavy (non-hydrogen) atoms. The van der Waals surface area contributed by atoms with Gasteiger partial charge in [0.05, 0.1) is 15.2 Å². The second-order valence-corrected chi connectivity index (χ2v) is 8.48. The molecular formula is C19H22O2S2. The molecule has 4 heteroatoms. The summed E-state index contributed by atoms with van der Waals surface area (Å²) < 4.78 is 0.840. The van der Waals surface area contributed by atoms with Gasteiger partial charge in [-0.05, 0) is 43.8 Å². The molecule has 0 bridgehead atoms. The Labute approximate surface area is 146 Å². The van der Waals surface area contributed by atoms with Crippen LogP contribution in [0.1, 0.15) is 48.5 Å². The Balaban J connectivity index is 2.13. The van der Waals surface area contributed by atoms with Crippen LogP contribution in [-0.2, 0) is 10.2 Å². The largest absolute Gasteiger partial charge is 0.293 e. The molecule has 0 aromatic heterocycles. The number of carbonyl (C=O) groups excluding carboxylic acids is 2. The number of thioether (sulfide) groups is 2. The van der Waals surface area contributed by atoms with Crippen molar-refractivity contribution in [2.45, 2.75) is 38.0 Å². The molecule has 0 heterocycles. The molecular weight excluding hydrogens is 324 g/mol. The highest BCUT2D eigenvalue weighted by Crippen LogP contribution is 2.46. The van der Waals surface area contributed by atoms with Gasteiger partial charge in [-0.3, -0.25) is 9.59 Å². The van der Waals surface area contributed by atoms with Crippen LogP contribution in [0.4, 0.5) is 0 Å². The molecule has 0 saturated heterocycles. The molecule has 122 valence electrons. The fourth-order valence-corrected chi connectivity index (χ4v) is 4.86. The summed E-state index contributed by atoms with van der Waals surface area (Å²) in [6.07, 6.45) is 8.35. The van der Waals surface area contributed by atoms with Crippen LogP contribution in [0.2, 0.25) is 0 Å². The highest BCUT2D eigenvalue weighted by molar-refractivity contribution is 8.21. The first-order valence-corrected chi connectivity index (χ1v) is 10.5. The van der Waals surface area contributed by atoms with Gasteiger partial charge in [0, 0.05) is 5.56 Å². The third-order valence-electron chi connectivity index (χ3n) is 5.05. The zero-order valence-electron chi connectivity index (χ0n) is 13.8. The van der Waals surface area contributed by atoms with Crippen molar-refractivity contribution < 1.29 is 9.59 Å². The molecule has 0 aliphatic heterocycles. The van der Waals surface area contributed by atoms with E-state index in [1.807, 2.05) is 43.7 Å². The maximum absolute atomic E-state index is 13.3. The van der Waals surface area contributed by atoms with Crippen LogP contribution in [0.25, 0.3) is 0 Å². The van der Waals surface area contributed by atoms with E-state index in [0.29, 0.717) is 11.1 Å². The Morgan fingerprint density at radius 2 is 1.83 bits per heavy atom. The predicted molar refractivity (Wildman–Crippen MR) is 99.1 cm³/mol. The van der Waals surface area contributed by atoms with Gasteiger partial charge in [0.15, 0.2) is 11.6 Å². The summed E-state index contributed by atoms with van der Waals surface area (Å²) >= 11 is 2.99. The van der Waals surface area contributed by atoms with E-state index in [0.717, 1.165) is 28.6 Å². The van der Waals surface area contributed by atoms with Crippen LogP contribution >= 0.6 is 23.5 Å². The van der Waals surface area contributed by atoms with Gasteiger partial charge in [-0.2, -0.15) is 0 Å². The van der Waals surface area contributed by atoms with Gasteiger partial charge in [0.2, 0.25) is 0 Å². The zero-order valence-corrected chi connectivity index (χ0v) is 15.5. The van der Waals surface area contributed by atoms with Crippen molar-refractivity contribution >= 4 is 35.1 Å². The van der Waals surface area contributed by atoms with Crippen molar-refractivity contribution in [3.05, 3.63) is 45.2 Å². The lowest BCUT2D eigenvalue weighted by atomic mass is 9.66. The summed E-state index contributed by atoms with van der Waals surface area (Å²) in [6, 6.07) is 7.67. The van der Waals surface area contributed by atoms with Gasteiger partial charge in [-0.25, -0.2) is 0 Å². The highest BCUT2D eigenvalue weighted by atomic mass is 32.2. The number of carbonyl (C=O) groups is 2. The molecule has 2 aliphatic rings. The molecule has 1 saturated carbocycles. The van der Waals surface area contributed by atoms with Crippen LogP contribution in [0.5, 0.6) is 0 Å². The van der Waals surface area contributed by atoms with Crippen LogP contribution < -0.4 is 0 Å². The number of hydrogen-bond acceptors (Lipinski definition) is 4. The molecule has 0 N–H and O–H groups in total. The number of benzene rings is 1. The quantitative estimate of drug-likeness (QED) is 0.564. The van der Waals surface area contributed by atoms with E-state index in [4.69, 9.17) is 0 Å². The summed E-state index contributed by atoms with van der Waals surface area (Å²) in [5.41, 5.74) is 1.46. The molecule has 0 amide bonds. The molecule has 1 atom stereocenters. The Morgan fingerprint density at radius 1 is 1.17 bits per heavy atom. The van der Waals surface area contributed by atoms with Gasteiger partial charge in [0.1, 0.15) is 0 Å². The monoisotopic (exact) mass is 346 g/mol. The Morgan fingerprint density at radius 3 is 2.43 bits per heavy atom. The van der Waals surface area contributed by atoms with Crippen LogP contribution in [0, 0.1) is 5.92 Å². The average Bonchev–Trinajstić information content (AvgIpc) is 3.39. The average molecular weight is 347 g/mol. The molecule has 1 fully saturated rings. The SMILES string of the molecule is CSC(SC)=C1C(=O)c2ccccc2C(C)(CCC2CC2)C1=O. The van der Waals surface area contributed by atoms with E-state index in [9.17, 15) is 9.59 Å². The minimum absolute atomic E-state index is 0.0144. The normalized spacial score (nSPS) is 23.9. The summed E-state index contributed by atoms with van der Waals surface area (Å²) in [6.45, 7) is 2.03. The standard InChI is InChI=1S/C19H22O2S2/c1-19(11-10-12-8-9-12)14-7-5-4-6-13(14)16(20)15(17(19)21)18(22-2)23-3/h4-7,12H,8-11H2,1-3H3. The first-order chi connectivity index (χ1) is 11.0. The summed E-state index contributed by atoms with van der Waals surface area (Å²) in [5, 5.41) is 0. The van der Waals surface area contributed by atoms with E-state index in [-0.39, 0.29) is 11.6 Å². The van der Waals surface area contributed by atoms with Crippen molar-refractivity contribution in [3.8, 4) is 0 Å². The number of Topliss-reactive ketones (excluding diaryl/α,β-unsaturated/α-hetero) is 2. The van der Waals surface area contributed by atoms with Crippen molar-refractivity contribution in [2.75, 3.05) is 12.5 Å². The smallest absolute Gasteiger partial charge is 0.198 e. The molecule has 1 aromatic rings. The van der Waals surface area contributed by atoms with Crippen molar-refractivity contribution in [1.82, 2.24) is 0 Å². The molecule has 2 nitrogen and oxygen atoms in total. The molecule has 0 spiro atoms. The van der Waals surface area contributed by atoms with Crippen molar-refractivity contribution in [3.63, 3.8) is 0 Å². The van der Waals surface area contributed by atoms with E-state index in [1.165, 1.54) is 36.4 Å². The lowest BCUT2D eigenvalue weighted by molar-refractivity contribution is -0.120. The fraction of sp³-hybridized carbons (Fsp3) is 0.474. The minimum Gasteiger partial charge on any atom is -0.293 e. The number of fused-ring (bicyclic) bond motifs is 1. The van der Waals surface area contributed by atoms with Crippen LogP contribution in [-0.4, -0.2) is 24.1 Å². The van der Waals surface area contributed by atoms with Gasteiger partial charge in [-0.15, -0.1) is 23.5 Å². The number of hydrogen-bond donors (Lipinski definition) is 0. The molecule has 2 aliphatic carbocycles. The maximum Gasteiger partial charge on any atom is 0.198 e. The summed E-state index contributed by atoms with van der Waals surface area (Å²) in [7, 11) is 0. The predicted octanol–water partition coefficient (Wildman–Crippen LogP) is 4.84. The fourth-order valence-electron chi connectivity index (χ4n) is 3.42. The Bertz CT molecular complexity index is 682. The van der Waals surface area contributed by atoms with Gasteiger partial charge in [0.25, 0.3) is 0 Å². The number of allylic oxidation sites excluding steroid dienone is 1. The van der Waals surface area contributed by atoms with E-state index in [2.05, 4.69) is 0 Å². The minimum atomic E-state index is -0.570. The molecule has 0 radical (unpaired) electrons. The lowest BCUT2D eigenvalue weighted by Gasteiger charge is -2.35. The summed E-state index contributed by atoms with van der Waals surface area (Å²) in [4.78, 5) is 26.2. The zero-order chi connectivity index (χ0) is 16.6. The molecule has 3 rings (SSSR count). The topological polar surface area (TPSA) is 34.1 Å². The van der Waals surface area contributed by atoms with Gasteiger partial charge in [-0.1, -0.05) is 37.1 Å². The van der Waals surface area contributed by atoms with Gasteiger partial charge >= 0.3 is 0 Å². The second-order valence-electron chi connectivity index (χ2n) is 6.59. The number of ketones is 2. The Kier molecular flexibility index (Phi) is 4.75. The molecule has 1 unspecified atom stereocenters. The second kappa shape index (κ2) is 6.48. The highest BCUT2D eigenvalue weighted by Gasteiger charge is 2.47. The summed E-state index contributed by atoms with van der Waals surface area (Å²) in [5.74, 6) is 0.686. The van der Waals surface area contributed by atoms with E-state index in [1.54, 1.807) is 0 Å². The first-order valence-electron chi connectivity index (χ1n) is 8.04. The third-order valence-corrected chi connectivity index (χ3v) is 7.20. The Hall–Kier alpha value is -1.00. The third kappa shape index (κ3) is 2.91. The lowest BCUT2D eigenvalue weighted by Crippen LogP contribution is -2.42. The first kappa shape index (κ1) is 16.8. The van der Waals surface area contributed by atoms with Gasteiger partial charge < -0.3 is 0 Å². The van der Waals surface area contributed by atoms with Crippen molar-refractivity contribution in [2.24, 2.45) is 5.92 Å². The number of rotatable bonds is 5. The van der Waals surface area contributed by atoms with Crippen LogP contribution in [0.15, 0.2) is 34.1 Å². The van der Waals surface area contributed by atoms with Crippen molar-refractivity contribution in [1.29, 1.82) is 0 Å².